The van der Waals surface area contributed by atoms with E-state index in [9.17, 15) is 18.0 Å². The average molecular weight is 352 g/mol. The normalized spacial score (nSPS) is 21.2. The minimum absolute atomic E-state index is 0.151. The van der Waals surface area contributed by atoms with Crippen LogP contribution in [0.4, 0.5) is 0 Å². The fourth-order valence-electron chi connectivity index (χ4n) is 2.05. The number of methoxy groups -OCH3 is 1. The Morgan fingerprint density at radius 1 is 1.30 bits per heavy atom. The number of likely N-dealkylation sites (N-methyl/N-ethyl adjacent to an activating group) is 1. The summed E-state index contributed by atoms with van der Waals surface area (Å²) >= 11 is 0. The molecule has 1 saturated heterocycles. The molecule has 1 amide bonds. The van der Waals surface area contributed by atoms with Gasteiger partial charge in [0.05, 0.1) is 13.2 Å². The Morgan fingerprint density at radius 3 is 2.52 bits per heavy atom. The van der Waals surface area contributed by atoms with Crippen LogP contribution in [-0.4, -0.2) is 75.7 Å². The maximum absolute atomic E-state index is 12.2. The molecule has 0 N–H and O–H groups in total. The third-order valence-electron chi connectivity index (χ3n) is 3.30. The van der Waals surface area contributed by atoms with Crippen LogP contribution in [0.5, 0.6) is 0 Å². The van der Waals surface area contributed by atoms with Crippen LogP contribution in [0, 0.1) is 5.92 Å². The van der Waals surface area contributed by atoms with Crippen LogP contribution in [0.1, 0.15) is 20.3 Å². The van der Waals surface area contributed by atoms with Crippen molar-refractivity contribution in [3.8, 4) is 0 Å². The molecule has 1 rings (SSSR count). The van der Waals surface area contributed by atoms with Crippen molar-refractivity contribution in [2.75, 3.05) is 40.7 Å². The summed E-state index contributed by atoms with van der Waals surface area (Å²) in [7, 11) is -1.12. The molecule has 1 fully saturated rings. The van der Waals surface area contributed by atoms with Gasteiger partial charge in [-0.05, 0) is 12.3 Å². The summed E-state index contributed by atoms with van der Waals surface area (Å²) in [5.41, 5.74) is 0. The highest BCUT2D eigenvalue weighted by atomic mass is 32.2. The van der Waals surface area contributed by atoms with Gasteiger partial charge in [-0.15, -0.1) is 0 Å². The van der Waals surface area contributed by atoms with Crippen molar-refractivity contribution in [3.05, 3.63) is 0 Å². The number of rotatable bonds is 9. The highest BCUT2D eigenvalue weighted by Crippen LogP contribution is 2.26. The third-order valence-corrected chi connectivity index (χ3v) is 5.13. The van der Waals surface area contributed by atoms with E-state index in [0.29, 0.717) is 17.3 Å². The van der Waals surface area contributed by atoms with E-state index in [0.717, 1.165) is 4.31 Å². The Morgan fingerprint density at radius 2 is 1.96 bits per heavy atom. The second kappa shape index (κ2) is 8.57. The van der Waals surface area contributed by atoms with Crippen LogP contribution in [0.15, 0.2) is 0 Å². The van der Waals surface area contributed by atoms with E-state index in [1.807, 2.05) is 13.8 Å². The summed E-state index contributed by atoms with van der Waals surface area (Å²) in [4.78, 5) is 23.7. The maximum Gasteiger partial charge on any atom is 0.333 e. The monoisotopic (exact) mass is 352 g/mol. The van der Waals surface area contributed by atoms with Crippen molar-refractivity contribution in [1.29, 1.82) is 0 Å². The summed E-state index contributed by atoms with van der Waals surface area (Å²) in [6.45, 7) is 3.35. The molecule has 1 aliphatic heterocycles. The first-order chi connectivity index (χ1) is 10.7. The molecule has 0 saturated carbocycles. The molecule has 10 heteroatoms. The standard InChI is InChI=1S/C13H24N2O7S/c1-10(2)7-11-13(17)15(23(18,19)14(11)3)9-22-12(16)8-21-6-5-20-4/h10-11H,5-9H2,1-4H3. The zero-order valence-electron chi connectivity index (χ0n) is 13.9. The van der Waals surface area contributed by atoms with E-state index in [1.54, 1.807) is 0 Å². The minimum atomic E-state index is -3.96. The molecular formula is C13H24N2O7S. The molecule has 0 spiro atoms. The zero-order valence-corrected chi connectivity index (χ0v) is 14.7. The van der Waals surface area contributed by atoms with Gasteiger partial charge >= 0.3 is 16.2 Å². The summed E-state index contributed by atoms with van der Waals surface area (Å²) in [6, 6.07) is -0.767. The van der Waals surface area contributed by atoms with Gasteiger partial charge in [0.1, 0.15) is 12.6 Å². The van der Waals surface area contributed by atoms with E-state index in [-0.39, 0.29) is 19.1 Å². The Hall–Kier alpha value is -1.23. The number of carbonyl (C=O) groups excluding carboxylic acids is 2. The maximum atomic E-state index is 12.2. The molecule has 134 valence electrons. The number of carbonyl (C=O) groups is 2. The fourth-order valence-corrected chi connectivity index (χ4v) is 3.39. The number of hydrogen-bond acceptors (Lipinski definition) is 7. The molecule has 0 aromatic heterocycles. The molecule has 9 nitrogen and oxygen atoms in total. The molecule has 1 atom stereocenters. The molecule has 1 heterocycles. The molecule has 0 bridgehead atoms. The van der Waals surface area contributed by atoms with Crippen LogP contribution < -0.4 is 0 Å². The van der Waals surface area contributed by atoms with Crippen LogP contribution >= 0.6 is 0 Å². The first-order valence-electron chi connectivity index (χ1n) is 7.23. The molecule has 0 radical (unpaired) electrons. The number of hydrogen-bond donors (Lipinski definition) is 0. The molecule has 0 aliphatic carbocycles. The van der Waals surface area contributed by atoms with Crippen molar-refractivity contribution in [1.82, 2.24) is 8.61 Å². The second-order valence-electron chi connectivity index (χ2n) is 5.55. The van der Waals surface area contributed by atoms with Crippen molar-refractivity contribution >= 4 is 22.1 Å². The van der Waals surface area contributed by atoms with Crippen LogP contribution in [0.3, 0.4) is 0 Å². The van der Waals surface area contributed by atoms with Gasteiger partial charge in [0.15, 0.2) is 6.73 Å². The highest BCUT2D eigenvalue weighted by Gasteiger charge is 2.48. The summed E-state index contributed by atoms with van der Waals surface area (Å²) in [5, 5.41) is 0. The highest BCUT2D eigenvalue weighted by molar-refractivity contribution is 7.87. The lowest BCUT2D eigenvalue weighted by molar-refractivity contribution is -0.154. The van der Waals surface area contributed by atoms with Gasteiger partial charge in [0.25, 0.3) is 5.91 Å². The number of ether oxygens (including phenoxy) is 3. The molecule has 23 heavy (non-hydrogen) atoms. The largest absolute Gasteiger partial charge is 0.441 e. The molecule has 0 aromatic carbocycles. The van der Waals surface area contributed by atoms with E-state index in [2.05, 4.69) is 0 Å². The molecule has 1 unspecified atom stereocenters. The predicted octanol–water partition coefficient (Wildman–Crippen LogP) is -0.416. The van der Waals surface area contributed by atoms with Gasteiger partial charge in [-0.1, -0.05) is 13.8 Å². The quantitative estimate of drug-likeness (QED) is 0.410. The SMILES string of the molecule is COCCOCC(=O)OCN1C(=O)C(CC(C)C)N(C)S1(=O)=O. The Labute approximate surface area is 136 Å². The first-order valence-corrected chi connectivity index (χ1v) is 8.63. The fraction of sp³-hybridized carbons (Fsp3) is 0.846. The molecular weight excluding hydrogens is 328 g/mol. The van der Waals surface area contributed by atoms with Gasteiger partial charge in [-0.25, -0.2) is 4.79 Å². The lowest BCUT2D eigenvalue weighted by atomic mass is 10.0. The smallest absolute Gasteiger partial charge is 0.333 e. The van der Waals surface area contributed by atoms with Crippen molar-refractivity contribution in [2.45, 2.75) is 26.3 Å². The van der Waals surface area contributed by atoms with Crippen LogP contribution in [0.25, 0.3) is 0 Å². The van der Waals surface area contributed by atoms with Crippen LogP contribution in [0.2, 0.25) is 0 Å². The van der Waals surface area contributed by atoms with Gasteiger partial charge in [-0.3, -0.25) is 4.79 Å². The van der Waals surface area contributed by atoms with E-state index in [1.165, 1.54) is 14.2 Å². The van der Waals surface area contributed by atoms with Crippen molar-refractivity contribution in [2.24, 2.45) is 5.92 Å². The van der Waals surface area contributed by atoms with Gasteiger partial charge in [0, 0.05) is 14.2 Å². The lowest BCUT2D eigenvalue weighted by Crippen LogP contribution is -2.36. The number of nitrogens with zero attached hydrogens (tertiary/aromatic N) is 2. The minimum Gasteiger partial charge on any atom is -0.441 e. The van der Waals surface area contributed by atoms with Crippen molar-refractivity contribution < 1.29 is 32.2 Å². The topological polar surface area (TPSA) is 102 Å². The van der Waals surface area contributed by atoms with Gasteiger partial charge in [0.2, 0.25) is 0 Å². The van der Waals surface area contributed by atoms with Crippen LogP contribution in [-0.2, 0) is 34.0 Å². The second-order valence-corrected chi connectivity index (χ2v) is 7.46. The van der Waals surface area contributed by atoms with E-state index in [4.69, 9.17) is 14.2 Å². The molecule has 1 aliphatic rings. The average Bonchev–Trinajstić information content (AvgIpc) is 2.62. The van der Waals surface area contributed by atoms with E-state index >= 15 is 0 Å². The predicted molar refractivity (Wildman–Crippen MR) is 80.4 cm³/mol. The summed E-state index contributed by atoms with van der Waals surface area (Å²) < 4.78 is 40.5. The van der Waals surface area contributed by atoms with Gasteiger partial charge < -0.3 is 14.2 Å². The summed E-state index contributed by atoms with van der Waals surface area (Å²) in [6.07, 6.45) is 0.402. The van der Waals surface area contributed by atoms with Gasteiger partial charge in [-0.2, -0.15) is 17.0 Å². The zero-order chi connectivity index (χ0) is 17.6. The lowest BCUT2D eigenvalue weighted by Gasteiger charge is -2.16. The third kappa shape index (κ3) is 5.13. The van der Waals surface area contributed by atoms with Crippen molar-refractivity contribution in [3.63, 3.8) is 0 Å². The Kier molecular flexibility index (Phi) is 7.39. The Balaban J connectivity index is 2.58. The first kappa shape index (κ1) is 19.8. The summed E-state index contributed by atoms with van der Waals surface area (Å²) in [5.74, 6) is -1.19. The Bertz CT molecular complexity index is 520. The van der Waals surface area contributed by atoms with E-state index < -0.39 is 34.9 Å². The number of esters is 1. The molecule has 0 aromatic rings. The number of amides is 1.